The summed E-state index contributed by atoms with van der Waals surface area (Å²) in [5.74, 6) is -1.70. The van der Waals surface area contributed by atoms with E-state index in [0.717, 1.165) is 18.6 Å². The molecule has 7 nitrogen and oxygen atoms in total. The lowest BCUT2D eigenvalue weighted by Crippen LogP contribution is -2.53. The molecule has 4 atom stereocenters. The van der Waals surface area contributed by atoms with E-state index in [1.165, 1.54) is 0 Å². The Morgan fingerprint density at radius 2 is 1.80 bits per heavy atom. The van der Waals surface area contributed by atoms with E-state index < -0.39 is 33.5 Å². The number of hydrogen-bond acceptors (Lipinski definition) is 5. The quantitative estimate of drug-likeness (QED) is 0.451. The Morgan fingerprint density at radius 1 is 1.12 bits per heavy atom. The van der Waals surface area contributed by atoms with Crippen LogP contribution in [0.15, 0.2) is 53.4 Å². The zero-order valence-corrected chi connectivity index (χ0v) is 24.8. The van der Waals surface area contributed by atoms with E-state index in [9.17, 15) is 31.2 Å². The molecule has 0 unspecified atom stereocenters. The summed E-state index contributed by atoms with van der Waals surface area (Å²) in [7, 11) is -1.61. The average Bonchev–Trinajstić information content (AvgIpc) is 3.27. The van der Waals surface area contributed by atoms with E-state index in [1.54, 1.807) is 35.2 Å². The van der Waals surface area contributed by atoms with Crippen molar-refractivity contribution in [3.63, 3.8) is 0 Å². The minimum atomic E-state index is -4.66. The first kappa shape index (κ1) is 31.3. The summed E-state index contributed by atoms with van der Waals surface area (Å²) in [5.41, 5.74) is -1.38. The number of carbonyl (C=O) groups excluding carboxylic acids is 2. The second-order valence-corrected chi connectivity index (χ2v) is 13.6. The first-order chi connectivity index (χ1) is 19.2. The van der Waals surface area contributed by atoms with Gasteiger partial charge in [0.25, 0.3) is 5.91 Å². The molecule has 0 aromatic heterocycles. The van der Waals surface area contributed by atoms with Crippen molar-refractivity contribution in [1.29, 1.82) is 0 Å². The van der Waals surface area contributed by atoms with E-state index >= 15 is 0 Å². The van der Waals surface area contributed by atoms with Crippen LogP contribution in [0.5, 0.6) is 0 Å². The van der Waals surface area contributed by atoms with Crippen molar-refractivity contribution in [2.75, 3.05) is 19.3 Å². The zero-order valence-electron chi connectivity index (χ0n) is 23.2. The van der Waals surface area contributed by atoms with Gasteiger partial charge in [-0.15, -0.1) is 0 Å². The summed E-state index contributed by atoms with van der Waals surface area (Å²) in [5, 5.41) is 2.40. The van der Waals surface area contributed by atoms with Gasteiger partial charge in [-0.3, -0.25) is 9.59 Å². The molecule has 41 heavy (non-hydrogen) atoms. The number of amides is 2. The van der Waals surface area contributed by atoms with Crippen LogP contribution < -0.4 is 5.32 Å². The molecule has 2 aliphatic rings. The van der Waals surface area contributed by atoms with Gasteiger partial charge in [0.15, 0.2) is 9.84 Å². The van der Waals surface area contributed by atoms with Gasteiger partial charge in [0.1, 0.15) is 6.04 Å². The first-order valence-corrected chi connectivity index (χ1v) is 15.7. The maximum Gasteiger partial charge on any atom is 0.416 e. The van der Waals surface area contributed by atoms with Crippen LogP contribution in [-0.4, -0.2) is 73.5 Å². The third kappa shape index (κ3) is 7.06. The molecule has 1 saturated heterocycles. The van der Waals surface area contributed by atoms with Crippen LogP contribution in [0.3, 0.4) is 0 Å². The van der Waals surface area contributed by atoms with Crippen molar-refractivity contribution in [1.82, 2.24) is 15.1 Å². The van der Waals surface area contributed by atoms with Crippen LogP contribution >= 0.6 is 11.6 Å². The number of benzene rings is 2. The predicted molar refractivity (Wildman–Crippen MR) is 150 cm³/mol. The number of likely N-dealkylation sites (tertiary alicyclic amines) is 1. The molecule has 1 saturated carbocycles. The van der Waals surface area contributed by atoms with Gasteiger partial charge < -0.3 is 15.1 Å². The SMILES string of the molecule is CC(C)N(C)[C@@H]1CC[C@H](N2CC[C@H](NC(=O)c3cc(C(F)(F)F)ccc3Cl)C2=O)[C@H](CS(=O)(=O)c2ccccc2)C1. The summed E-state index contributed by atoms with van der Waals surface area (Å²) in [6.45, 7) is 4.46. The molecule has 2 aromatic carbocycles. The highest BCUT2D eigenvalue weighted by atomic mass is 35.5. The Hall–Kier alpha value is -2.63. The molecule has 0 spiro atoms. The van der Waals surface area contributed by atoms with E-state index in [2.05, 4.69) is 24.1 Å². The molecular formula is C29H35ClF3N3O4S. The fourth-order valence-electron chi connectivity index (χ4n) is 5.89. The van der Waals surface area contributed by atoms with Gasteiger partial charge >= 0.3 is 6.18 Å². The number of nitrogens with zero attached hydrogens (tertiary/aromatic N) is 2. The Kier molecular flexibility index (Phi) is 9.40. The molecule has 2 aromatic rings. The normalized spacial score (nSPS) is 23.8. The topological polar surface area (TPSA) is 86.8 Å². The fraction of sp³-hybridized carbons (Fsp3) is 0.517. The second-order valence-electron chi connectivity index (χ2n) is 11.2. The molecule has 1 aliphatic heterocycles. The molecule has 0 bridgehead atoms. The van der Waals surface area contributed by atoms with Gasteiger partial charge in [0, 0.05) is 24.7 Å². The lowest BCUT2D eigenvalue weighted by Gasteiger charge is -2.44. The highest BCUT2D eigenvalue weighted by Crippen LogP contribution is 2.36. The third-order valence-electron chi connectivity index (χ3n) is 8.32. The van der Waals surface area contributed by atoms with Crippen molar-refractivity contribution in [3.05, 3.63) is 64.7 Å². The number of rotatable bonds is 8. The highest BCUT2D eigenvalue weighted by molar-refractivity contribution is 7.91. The van der Waals surface area contributed by atoms with Crippen LogP contribution in [0, 0.1) is 5.92 Å². The van der Waals surface area contributed by atoms with Crippen molar-refractivity contribution < 1.29 is 31.2 Å². The van der Waals surface area contributed by atoms with Crippen LogP contribution in [-0.2, 0) is 20.8 Å². The smallest absolute Gasteiger partial charge is 0.340 e. The summed E-state index contributed by atoms with van der Waals surface area (Å²) < 4.78 is 66.3. The van der Waals surface area contributed by atoms with Gasteiger partial charge in [-0.05, 0) is 82.8 Å². The van der Waals surface area contributed by atoms with E-state index in [-0.39, 0.29) is 57.6 Å². The van der Waals surface area contributed by atoms with Gasteiger partial charge in [0.05, 0.1) is 26.8 Å². The molecule has 2 fully saturated rings. The van der Waals surface area contributed by atoms with Crippen LogP contribution in [0.25, 0.3) is 0 Å². The Morgan fingerprint density at radius 3 is 2.44 bits per heavy atom. The molecule has 2 amide bonds. The molecule has 1 N–H and O–H groups in total. The van der Waals surface area contributed by atoms with Gasteiger partial charge in [0.2, 0.25) is 5.91 Å². The third-order valence-corrected chi connectivity index (χ3v) is 10.5. The van der Waals surface area contributed by atoms with Crippen LogP contribution in [0.1, 0.15) is 55.5 Å². The number of alkyl halides is 3. The fourth-order valence-corrected chi connectivity index (χ4v) is 7.78. The lowest BCUT2D eigenvalue weighted by molar-refractivity contribution is -0.137. The van der Waals surface area contributed by atoms with Crippen molar-refractivity contribution in [2.45, 2.75) is 74.8 Å². The monoisotopic (exact) mass is 613 g/mol. The summed E-state index contributed by atoms with van der Waals surface area (Å²) in [6.07, 6.45) is -2.43. The lowest BCUT2D eigenvalue weighted by atomic mass is 9.81. The largest absolute Gasteiger partial charge is 0.416 e. The van der Waals surface area contributed by atoms with Crippen molar-refractivity contribution in [2.24, 2.45) is 5.92 Å². The van der Waals surface area contributed by atoms with Gasteiger partial charge in [-0.2, -0.15) is 13.2 Å². The molecule has 224 valence electrons. The standard InChI is InChI=1S/C29H35ClF3N3O4S/c1-18(2)35(3)21-10-12-26(19(15-21)17-41(39,40)22-7-5-4-6-8-22)36-14-13-25(28(36)38)34-27(37)23-16-20(29(31,32)33)9-11-24(23)30/h4-9,11,16,18-19,21,25-26H,10,12-15,17H2,1-3H3,(H,34,37)/t19-,21+,25-,26-/m0/s1. The molecular weight excluding hydrogens is 579 g/mol. The van der Waals surface area contributed by atoms with Gasteiger partial charge in [-0.1, -0.05) is 29.8 Å². The average molecular weight is 614 g/mol. The van der Waals surface area contributed by atoms with Gasteiger partial charge in [-0.25, -0.2) is 8.42 Å². The molecule has 1 aliphatic carbocycles. The number of carbonyl (C=O) groups is 2. The molecule has 12 heteroatoms. The van der Waals surface area contributed by atoms with Crippen molar-refractivity contribution >= 4 is 33.3 Å². The molecule has 1 heterocycles. The summed E-state index contributed by atoms with van der Waals surface area (Å²) in [4.78, 5) is 30.5. The maximum absolute atomic E-state index is 13.5. The summed E-state index contributed by atoms with van der Waals surface area (Å²) in [6, 6.07) is 9.82. The summed E-state index contributed by atoms with van der Waals surface area (Å²) >= 11 is 6.02. The first-order valence-electron chi connectivity index (χ1n) is 13.7. The second kappa shape index (κ2) is 12.3. The number of hydrogen-bond donors (Lipinski definition) is 1. The highest BCUT2D eigenvalue weighted by Gasteiger charge is 2.44. The Balaban J connectivity index is 1.53. The Bertz CT molecular complexity index is 1370. The molecule has 0 radical (unpaired) electrons. The van der Waals surface area contributed by atoms with E-state index in [1.807, 2.05) is 7.05 Å². The minimum absolute atomic E-state index is 0.120. The zero-order chi connectivity index (χ0) is 30.1. The van der Waals surface area contributed by atoms with E-state index in [0.29, 0.717) is 25.5 Å². The Labute approximate surface area is 243 Å². The predicted octanol–water partition coefficient (Wildman–Crippen LogP) is 5.04. The number of nitrogens with one attached hydrogen (secondary N) is 1. The number of sulfone groups is 1. The van der Waals surface area contributed by atoms with Crippen molar-refractivity contribution in [3.8, 4) is 0 Å². The number of halogens is 4. The molecule has 4 rings (SSSR count). The maximum atomic E-state index is 13.5. The van der Waals surface area contributed by atoms with E-state index in [4.69, 9.17) is 11.6 Å². The van der Waals surface area contributed by atoms with Crippen LogP contribution in [0.4, 0.5) is 13.2 Å². The van der Waals surface area contributed by atoms with Crippen LogP contribution in [0.2, 0.25) is 5.02 Å². The minimum Gasteiger partial charge on any atom is -0.340 e.